The fourth-order valence-electron chi connectivity index (χ4n) is 3.65. The molecular formula is C19H26O2. The van der Waals surface area contributed by atoms with Crippen molar-refractivity contribution in [2.24, 2.45) is 11.8 Å². The molecule has 1 aromatic rings. The third-order valence-corrected chi connectivity index (χ3v) is 4.92. The first-order valence-electron chi connectivity index (χ1n) is 8.26. The van der Waals surface area contributed by atoms with E-state index >= 15 is 0 Å². The van der Waals surface area contributed by atoms with Gasteiger partial charge in [0.05, 0.1) is 13.2 Å². The predicted molar refractivity (Wildman–Crippen MR) is 85.1 cm³/mol. The summed E-state index contributed by atoms with van der Waals surface area (Å²) < 4.78 is 11.9. The molecule has 0 bridgehead atoms. The predicted octanol–water partition coefficient (Wildman–Crippen LogP) is 4.53. The Morgan fingerprint density at radius 2 is 1.67 bits per heavy atom. The summed E-state index contributed by atoms with van der Waals surface area (Å²) in [5, 5.41) is 0. The van der Waals surface area contributed by atoms with Crippen LogP contribution in [0, 0.1) is 11.8 Å². The van der Waals surface area contributed by atoms with Gasteiger partial charge in [0.15, 0.2) is 6.29 Å². The molecule has 0 spiro atoms. The molecule has 3 rings (SSSR count). The van der Waals surface area contributed by atoms with Crippen molar-refractivity contribution in [2.45, 2.75) is 44.3 Å². The lowest BCUT2D eigenvalue weighted by atomic mass is 9.78. The van der Waals surface area contributed by atoms with Crippen molar-refractivity contribution in [1.82, 2.24) is 0 Å². The molecule has 0 unspecified atom stereocenters. The molecule has 1 saturated carbocycles. The van der Waals surface area contributed by atoms with Crippen molar-refractivity contribution in [3.05, 3.63) is 48.6 Å². The van der Waals surface area contributed by atoms with Crippen LogP contribution in [-0.2, 0) is 9.47 Å². The van der Waals surface area contributed by atoms with Crippen LogP contribution in [0.5, 0.6) is 0 Å². The fraction of sp³-hybridized carbons (Fsp3) is 0.579. The number of rotatable bonds is 4. The van der Waals surface area contributed by atoms with Crippen LogP contribution >= 0.6 is 0 Å². The van der Waals surface area contributed by atoms with Gasteiger partial charge in [-0.1, -0.05) is 36.4 Å². The first-order valence-corrected chi connectivity index (χ1v) is 8.26. The van der Waals surface area contributed by atoms with Crippen LogP contribution in [-0.4, -0.2) is 19.5 Å². The molecule has 2 aliphatic rings. The topological polar surface area (TPSA) is 18.5 Å². The zero-order valence-electron chi connectivity index (χ0n) is 12.7. The molecule has 1 aromatic carbocycles. The van der Waals surface area contributed by atoms with Gasteiger partial charge in [0.1, 0.15) is 0 Å². The van der Waals surface area contributed by atoms with Crippen LogP contribution in [0.25, 0.3) is 0 Å². The highest BCUT2D eigenvalue weighted by atomic mass is 16.7. The number of ether oxygens (including phenoxy) is 2. The smallest absolute Gasteiger partial charge is 0.160 e. The van der Waals surface area contributed by atoms with Crippen LogP contribution in [0.3, 0.4) is 0 Å². The van der Waals surface area contributed by atoms with Gasteiger partial charge in [-0.05, 0) is 43.6 Å². The molecular weight excluding hydrogens is 260 g/mol. The number of allylic oxidation sites excluding steroid dienone is 1. The summed E-state index contributed by atoms with van der Waals surface area (Å²) in [6, 6.07) is 10.9. The van der Waals surface area contributed by atoms with E-state index in [1.54, 1.807) is 0 Å². The Morgan fingerprint density at radius 3 is 2.29 bits per heavy atom. The number of hydrogen-bond acceptors (Lipinski definition) is 2. The van der Waals surface area contributed by atoms with Gasteiger partial charge in [-0.2, -0.15) is 0 Å². The molecule has 21 heavy (non-hydrogen) atoms. The lowest BCUT2D eigenvalue weighted by molar-refractivity contribution is -0.228. The summed E-state index contributed by atoms with van der Waals surface area (Å²) >= 11 is 0. The number of hydrogen-bond donors (Lipinski definition) is 0. The Labute approximate surface area is 128 Å². The minimum atomic E-state index is 0.0304. The zero-order chi connectivity index (χ0) is 14.5. The first kappa shape index (κ1) is 14.8. The summed E-state index contributed by atoms with van der Waals surface area (Å²) in [5.74, 6) is 1.80. The van der Waals surface area contributed by atoms with Crippen molar-refractivity contribution in [3.63, 3.8) is 0 Å². The van der Waals surface area contributed by atoms with E-state index in [0.717, 1.165) is 25.6 Å². The van der Waals surface area contributed by atoms with Gasteiger partial charge in [0, 0.05) is 11.8 Å². The molecule has 0 N–H and O–H groups in total. The van der Waals surface area contributed by atoms with Crippen molar-refractivity contribution in [2.75, 3.05) is 13.2 Å². The van der Waals surface area contributed by atoms with Crippen molar-refractivity contribution in [1.29, 1.82) is 0 Å². The molecule has 1 aliphatic heterocycles. The van der Waals surface area contributed by atoms with Gasteiger partial charge in [-0.15, -0.1) is 6.58 Å². The van der Waals surface area contributed by atoms with Crippen LogP contribution in [0.4, 0.5) is 0 Å². The Bertz CT molecular complexity index is 426. The molecule has 1 saturated heterocycles. The molecule has 0 aromatic heterocycles. The van der Waals surface area contributed by atoms with Gasteiger partial charge >= 0.3 is 0 Å². The maximum atomic E-state index is 5.95. The zero-order valence-corrected chi connectivity index (χ0v) is 12.7. The molecule has 0 radical (unpaired) electrons. The highest BCUT2D eigenvalue weighted by Crippen LogP contribution is 2.38. The second-order valence-electron chi connectivity index (χ2n) is 6.45. The summed E-state index contributed by atoms with van der Waals surface area (Å²) in [6.07, 6.45) is 7.94. The van der Waals surface area contributed by atoms with E-state index in [2.05, 4.69) is 36.9 Å². The third kappa shape index (κ3) is 3.75. The standard InChI is InChI=1S/C19H26O2/c1-2-6-15-13-20-19(21-14-15)18-11-9-17(10-12-18)16-7-4-3-5-8-16/h2-5,7-8,15,17-19H,1,6,9-14H2/t15?,17-,18-,19?. The van der Waals surface area contributed by atoms with Gasteiger partial charge < -0.3 is 9.47 Å². The van der Waals surface area contributed by atoms with Gasteiger partial charge in [-0.3, -0.25) is 0 Å². The maximum Gasteiger partial charge on any atom is 0.160 e. The first-order chi connectivity index (χ1) is 10.4. The summed E-state index contributed by atoms with van der Waals surface area (Å²) in [7, 11) is 0. The SMILES string of the molecule is C=CCC1COC([C@H]2CC[C@H](c3ccccc3)CC2)OC1. The minimum Gasteiger partial charge on any atom is -0.352 e. The maximum absolute atomic E-state index is 5.95. The fourth-order valence-corrected chi connectivity index (χ4v) is 3.65. The molecule has 114 valence electrons. The second kappa shape index (κ2) is 7.24. The van der Waals surface area contributed by atoms with Crippen LogP contribution in [0.2, 0.25) is 0 Å². The van der Waals surface area contributed by atoms with E-state index in [1.807, 2.05) is 6.08 Å². The van der Waals surface area contributed by atoms with E-state index < -0.39 is 0 Å². The van der Waals surface area contributed by atoms with Crippen LogP contribution in [0.1, 0.15) is 43.6 Å². The Kier molecular flexibility index (Phi) is 5.10. The lowest BCUT2D eigenvalue weighted by Crippen LogP contribution is -2.38. The molecule has 2 heteroatoms. The molecule has 2 fully saturated rings. The van der Waals surface area contributed by atoms with Gasteiger partial charge in [-0.25, -0.2) is 0 Å². The van der Waals surface area contributed by atoms with Crippen LogP contribution < -0.4 is 0 Å². The quantitative estimate of drug-likeness (QED) is 0.757. The molecule has 1 aliphatic carbocycles. The lowest BCUT2D eigenvalue weighted by Gasteiger charge is -2.37. The van der Waals surface area contributed by atoms with E-state index in [4.69, 9.17) is 9.47 Å². The van der Waals surface area contributed by atoms with E-state index in [9.17, 15) is 0 Å². The van der Waals surface area contributed by atoms with Crippen molar-refractivity contribution < 1.29 is 9.47 Å². The van der Waals surface area contributed by atoms with Crippen molar-refractivity contribution in [3.8, 4) is 0 Å². The Balaban J connectivity index is 1.47. The van der Waals surface area contributed by atoms with Crippen LogP contribution in [0.15, 0.2) is 43.0 Å². The summed E-state index contributed by atoms with van der Waals surface area (Å²) in [5.41, 5.74) is 1.49. The molecule has 1 heterocycles. The van der Waals surface area contributed by atoms with Gasteiger partial charge in [0.2, 0.25) is 0 Å². The normalized spacial score (nSPS) is 33.5. The monoisotopic (exact) mass is 286 g/mol. The van der Waals surface area contributed by atoms with E-state index in [-0.39, 0.29) is 6.29 Å². The van der Waals surface area contributed by atoms with E-state index in [1.165, 1.54) is 31.2 Å². The summed E-state index contributed by atoms with van der Waals surface area (Å²) in [4.78, 5) is 0. The number of benzene rings is 1. The highest BCUT2D eigenvalue weighted by molar-refractivity contribution is 5.19. The van der Waals surface area contributed by atoms with Crippen molar-refractivity contribution >= 4 is 0 Å². The molecule has 0 amide bonds. The largest absolute Gasteiger partial charge is 0.352 e. The average molecular weight is 286 g/mol. The average Bonchev–Trinajstić information content (AvgIpc) is 2.57. The summed E-state index contributed by atoms with van der Waals surface area (Å²) in [6.45, 7) is 5.45. The highest BCUT2D eigenvalue weighted by Gasteiger charge is 2.32. The third-order valence-electron chi connectivity index (χ3n) is 4.92. The molecule has 0 atom stereocenters. The van der Waals surface area contributed by atoms with Gasteiger partial charge in [0.25, 0.3) is 0 Å². The Hall–Kier alpha value is -1.12. The van der Waals surface area contributed by atoms with E-state index in [0.29, 0.717) is 11.8 Å². The molecule has 2 nitrogen and oxygen atoms in total. The Morgan fingerprint density at radius 1 is 1.00 bits per heavy atom. The minimum absolute atomic E-state index is 0.0304. The second-order valence-corrected chi connectivity index (χ2v) is 6.45.